The Balaban J connectivity index is 1.47. The van der Waals surface area contributed by atoms with Crippen LogP contribution in [0.1, 0.15) is 19.4 Å². The van der Waals surface area contributed by atoms with E-state index >= 15 is 0 Å². The highest BCUT2D eigenvalue weighted by molar-refractivity contribution is 6.31. The van der Waals surface area contributed by atoms with Crippen molar-refractivity contribution in [1.82, 2.24) is 19.6 Å². The van der Waals surface area contributed by atoms with Gasteiger partial charge in [-0.25, -0.2) is 0 Å². The molecule has 2 saturated heterocycles. The van der Waals surface area contributed by atoms with E-state index in [1.165, 1.54) is 0 Å². The van der Waals surface area contributed by atoms with Crippen molar-refractivity contribution in [3.05, 3.63) is 34.9 Å². The third kappa shape index (κ3) is 5.28. The van der Waals surface area contributed by atoms with Crippen LogP contribution in [0.5, 0.6) is 0 Å². The second-order valence-corrected chi connectivity index (χ2v) is 8.10. The van der Waals surface area contributed by atoms with Gasteiger partial charge < -0.3 is 14.7 Å². The number of hydrogen-bond acceptors (Lipinski definition) is 4. The molecule has 2 aliphatic rings. The van der Waals surface area contributed by atoms with Gasteiger partial charge in [-0.3, -0.25) is 19.3 Å². The third-order valence-electron chi connectivity index (χ3n) is 5.91. The van der Waals surface area contributed by atoms with Gasteiger partial charge in [0.15, 0.2) is 0 Å². The summed E-state index contributed by atoms with van der Waals surface area (Å²) in [7, 11) is 0. The fraction of sp³-hybridized carbons (Fsp3) is 0.571. The molecular formula is C21H29ClN4O3. The summed E-state index contributed by atoms with van der Waals surface area (Å²) < 4.78 is 0. The zero-order chi connectivity index (χ0) is 21.0. The maximum atomic E-state index is 12.9. The highest BCUT2D eigenvalue weighted by atomic mass is 35.5. The lowest BCUT2D eigenvalue weighted by atomic mass is 10.1. The van der Waals surface area contributed by atoms with Crippen LogP contribution >= 0.6 is 11.6 Å². The molecule has 1 aromatic carbocycles. The van der Waals surface area contributed by atoms with Crippen LogP contribution in [-0.2, 0) is 20.8 Å². The quantitative estimate of drug-likeness (QED) is 0.731. The fourth-order valence-corrected chi connectivity index (χ4v) is 4.14. The van der Waals surface area contributed by atoms with Crippen LogP contribution in [0.15, 0.2) is 24.3 Å². The van der Waals surface area contributed by atoms with Crippen molar-refractivity contribution in [2.24, 2.45) is 0 Å². The lowest BCUT2D eigenvalue weighted by Gasteiger charge is -2.41. The van der Waals surface area contributed by atoms with E-state index in [2.05, 4.69) is 4.90 Å². The zero-order valence-electron chi connectivity index (χ0n) is 17.1. The van der Waals surface area contributed by atoms with E-state index in [0.717, 1.165) is 5.56 Å². The highest BCUT2D eigenvalue weighted by Crippen LogP contribution is 2.17. The van der Waals surface area contributed by atoms with Crippen LogP contribution in [0.2, 0.25) is 5.02 Å². The Bertz CT molecular complexity index is 756. The van der Waals surface area contributed by atoms with Gasteiger partial charge in [-0.2, -0.15) is 0 Å². The normalized spacial score (nSPS) is 19.2. The average Bonchev–Trinajstić information content (AvgIpc) is 2.74. The highest BCUT2D eigenvalue weighted by Gasteiger charge is 2.31. The number of benzene rings is 1. The Morgan fingerprint density at radius 1 is 0.897 bits per heavy atom. The van der Waals surface area contributed by atoms with Gasteiger partial charge in [0, 0.05) is 64.3 Å². The van der Waals surface area contributed by atoms with Crippen LogP contribution in [0.4, 0.5) is 0 Å². The Morgan fingerprint density at radius 3 is 2.03 bits per heavy atom. The molecule has 2 aliphatic heterocycles. The van der Waals surface area contributed by atoms with Gasteiger partial charge in [0.1, 0.15) is 0 Å². The van der Waals surface area contributed by atoms with Gasteiger partial charge in [0.25, 0.3) is 0 Å². The van der Waals surface area contributed by atoms with Crippen LogP contribution in [0, 0.1) is 0 Å². The van der Waals surface area contributed by atoms with Crippen molar-refractivity contribution >= 4 is 29.3 Å². The summed E-state index contributed by atoms with van der Waals surface area (Å²) >= 11 is 6.16. The minimum Gasteiger partial charge on any atom is -0.340 e. The Labute approximate surface area is 177 Å². The molecule has 0 bridgehead atoms. The van der Waals surface area contributed by atoms with Crippen LogP contribution < -0.4 is 0 Å². The first kappa shape index (κ1) is 21.6. The van der Waals surface area contributed by atoms with Crippen LogP contribution in [0.25, 0.3) is 0 Å². The van der Waals surface area contributed by atoms with E-state index in [-0.39, 0.29) is 23.8 Å². The summed E-state index contributed by atoms with van der Waals surface area (Å²) in [5, 5.41) is 0.614. The van der Waals surface area contributed by atoms with E-state index < -0.39 is 0 Å². The van der Waals surface area contributed by atoms with E-state index in [4.69, 9.17) is 11.6 Å². The summed E-state index contributed by atoms with van der Waals surface area (Å²) in [6.07, 6.45) is 0.300. The van der Waals surface area contributed by atoms with Crippen molar-refractivity contribution in [1.29, 1.82) is 0 Å². The smallest absolute Gasteiger partial charge is 0.239 e. The van der Waals surface area contributed by atoms with Crippen molar-refractivity contribution in [3.63, 3.8) is 0 Å². The van der Waals surface area contributed by atoms with E-state index in [1.807, 2.05) is 34.9 Å². The summed E-state index contributed by atoms with van der Waals surface area (Å²) in [6, 6.07) is 7.19. The summed E-state index contributed by atoms with van der Waals surface area (Å²) in [6.45, 7) is 8.42. The number of piperazine rings is 2. The molecule has 3 amide bonds. The molecule has 0 aromatic heterocycles. The number of halogens is 1. The van der Waals surface area contributed by atoms with E-state index in [1.54, 1.807) is 17.9 Å². The number of amides is 3. The number of nitrogens with zero attached hydrogens (tertiary/aromatic N) is 4. The lowest BCUT2D eigenvalue weighted by molar-refractivity contribution is -0.143. The first-order chi connectivity index (χ1) is 13.9. The second-order valence-electron chi connectivity index (χ2n) is 7.69. The molecule has 1 aromatic rings. The Kier molecular flexibility index (Phi) is 7.14. The second kappa shape index (κ2) is 9.59. The molecule has 2 fully saturated rings. The molecule has 1 unspecified atom stereocenters. The first-order valence-corrected chi connectivity index (χ1v) is 10.5. The fourth-order valence-electron chi connectivity index (χ4n) is 3.94. The molecule has 3 rings (SSSR count). The molecule has 0 saturated carbocycles. The van der Waals surface area contributed by atoms with Gasteiger partial charge in [-0.05, 0) is 18.6 Å². The zero-order valence-corrected chi connectivity index (χ0v) is 17.9. The topological polar surface area (TPSA) is 64.2 Å². The minimum absolute atomic E-state index is 0.0581. The number of rotatable bonds is 4. The maximum Gasteiger partial charge on any atom is 0.239 e. The lowest BCUT2D eigenvalue weighted by Crippen LogP contribution is -2.58. The Hall–Kier alpha value is -2.12. The molecule has 8 heteroatoms. The molecule has 0 N–H and O–H groups in total. The SMILES string of the molecule is CC(=O)N1CCN(C(=O)C(C)N2CCN(C(=O)Cc3ccccc3Cl)CC2)CC1. The van der Waals surface area contributed by atoms with Crippen molar-refractivity contribution in [2.75, 3.05) is 52.4 Å². The number of hydrogen-bond donors (Lipinski definition) is 0. The predicted octanol–water partition coefficient (Wildman–Crippen LogP) is 1.11. The standard InChI is InChI=1S/C21H29ClN4O3/c1-16(21(29)26-13-9-24(10-14-26)17(2)27)23-7-11-25(12-8-23)20(28)15-18-5-3-4-6-19(18)22/h3-6,16H,7-15H2,1-2H3. The summed E-state index contributed by atoms with van der Waals surface area (Å²) in [4.78, 5) is 44.5. The van der Waals surface area contributed by atoms with E-state index in [9.17, 15) is 14.4 Å². The molecule has 158 valence electrons. The molecule has 0 spiro atoms. The van der Waals surface area contributed by atoms with Gasteiger partial charge in [-0.1, -0.05) is 29.8 Å². The van der Waals surface area contributed by atoms with Crippen LogP contribution in [0.3, 0.4) is 0 Å². The summed E-state index contributed by atoms with van der Waals surface area (Å²) in [5.41, 5.74) is 0.842. The van der Waals surface area contributed by atoms with Gasteiger partial charge in [0.2, 0.25) is 17.7 Å². The minimum atomic E-state index is -0.223. The van der Waals surface area contributed by atoms with Crippen LogP contribution in [-0.4, -0.2) is 95.7 Å². The molecule has 7 nitrogen and oxygen atoms in total. The molecule has 2 heterocycles. The largest absolute Gasteiger partial charge is 0.340 e. The average molecular weight is 421 g/mol. The van der Waals surface area contributed by atoms with Crippen molar-refractivity contribution < 1.29 is 14.4 Å². The number of carbonyl (C=O) groups excluding carboxylic acids is 3. The maximum absolute atomic E-state index is 12.9. The van der Waals surface area contributed by atoms with Crippen molar-refractivity contribution in [3.8, 4) is 0 Å². The Morgan fingerprint density at radius 2 is 1.45 bits per heavy atom. The molecule has 29 heavy (non-hydrogen) atoms. The van der Waals surface area contributed by atoms with Gasteiger partial charge in [-0.15, -0.1) is 0 Å². The van der Waals surface area contributed by atoms with E-state index in [0.29, 0.717) is 63.8 Å². The number of carbonyl (C=O) groups is 3. The van der Waals surface area contributed by atoms with Gasteiger partial charge in [0.05, 0.1) is 12.5 Å². The summed E-state index contributed by atoms with van der Waals surface area (Å²) in [5.74, 6) is 0.226. The monoisotopic (exact) mass is 420 g/mol. The molecule has 0 radical (unpaired) electrons. The van der Waals surface area contributed by atoms with Gasteiger partial charge >= 0.3 is 0 Å². The molecular weight excluding hydrogens is 392 g/mol. The molecule has 1 atom stereocenters. The van der Waals surface area contributed by atoms with Crippen molar-refractivity contribution in [2.45, 2.75) is 26.3 Å². The predicted molar refractivity (Wildman–Crippen MR) is 112 cm³/mol. The first-order valence-electron chi connectivity index (χ1n) is 10.2. The third-order valence-corrected chi connectivity index (χ3v) is 6.28. The molecule has 0 aliphatic carbocycles.